The highest BCUT2D eigenvalue weighted by Crippen LogP contribution is 2.36. The van der Waals surface area contributed by atoms with Gasteiger partial charge in [0, 0.05) is 60.6 Å². The van der Waals surface area contributed by atoms with Crippen molar-refractivity contribution in [3.05, 3.63) is 94.8 Å². The number of nitrogens with two attached hydrogens (primary N) is 1. The van der Waals surface area contributed by atoms with E-state index in [9.17, 15) is 13.2 Å². The molecule has 2 saturated heterocycles. The van der Waals surface area contributed by atoms with Gasteiger partial charge in [-0.25, -0.2) is 12.8 Å². The Hall–Kier alpha value is -2.86. The van der Waals surface area contributed by atoms with E-state index in [0.29, 0.717) is 49.0 Å². The minimum Gasteiger partial charge on any atom is -0.381 e. The fraction of sp³-hybridized carbons (Fsp3) is 0.424. The second kappa shape index (κ2) is 14.5. The second-order valence-corrected chi connectivity index (χ2v) is 13.9. The summed E-state index contributed by atoms with van der Waals surface area (Å²) in [6, 6.07) is 18.7. The molecular formula is C33H40ClFN4O4S. The highest BCUT2D eigenvalue weighted by Gasteiger charge is 2.38. The first kappa shape index (κ1) is 32.5. The molecule has 5 rings (SSSR count). The number of hydrogen-bond acceptors (Lipinski definition) is 6. The number of nitrogens with one attached hydrogen (secondary N) is 2. The number of piperazine rings is 1. The van der Waals surface area contributed by atoms with Crippen molar-refractivity contribution in [3.63, 3.8) is 0 Å². The maximum Gasteiger partial charge on any atom is 0.243 e. The Morgan fingerprint density at radius 2 is 1.77 bits per heavy atom. The zero-order valence-corrected chi connectivity index (χ0v) is 26.4. The quantitative estimate of drug-likeness (QED) is 0.289. The third-order valence-corrected chi connectivity index (χ3v) is 11.1. The van der Waals surface area contributed by atoms with Crippen molar-refractivity contribution in [2.24, 2.45) is 11.7 Å². The summed E-state index contributed by atoms with van der Waals surface area (Å²) in [6.45, 7) is 4.02. The summed E-state index contributed by atoms with van der Waals surface area (Å²) in [5.74, 6) is -1.02. The average molecular weight is 643 g/mol. The van der Waals surface area contributed by atoms with Crippen LogP contribution in [0.5, 0.6) is 0 Å². The minimum absolute atomic E-state index is 0.135. The lowest BCUT2D eigenvalue weighted by Gasteiger charge is -2.40. The summed E-state index contributed by atoms with van der Waals surface area (Å²) < 4.78 is 49.7. The molecule has 2 aliphatic heterocycles. The molecule has 11 heteroatoms. The molecule has 1 amide bonds. The van der Waals surface area contributed by atoms with E-state index in [2.05, 4.69) is 10.6 Å². The summed E-state index contributed by atoms with van der Waals surface area (Å²) in [6.07, 6.45) is 2.12. The van der Waals surface area contributed by atoms with Crippen molar-refractivity contribution < 1.29 is 22.3 Å². The molecule has 2 heterocycles. The Morgan fingerprint density at radius 3 is 2.48 bits per heavy atom. The number of nitrogens with zero attached hydrogens (tertiary/aromatic N) is 1. The second-order valence-electron chi connectivity index (χ2n) is 11.7. The first-order valence-electron chi connectivity index (χ1n) is 15.1. The van der Waals surface area contributed by atoms with Gasteiger partial charge in [0.15, 0.2) is 0 Å². The van der Waals surface area contributed by atoms with Gasteiger partial charge in [-0.05, 0) is 80.5 Å². The van der Waals surface area contributed by atoms with Crippen LogP contribution in [0, 0.1) is 11.7 Å². The van der Waals surface area contributed by atoms with Crippen molar-refractivity contribution in [3.8, 4) is 0 Å². The molecule has 2 fully saturated rings. The maximum absolute atomic E-state index is 15.3. The molecule has 0 aliphatic carbocycles. The van der Waals surface area contributed by atoms with Crippen molar-refractivity contribution in [1.82, 2.24) is 9.62 Å². The average Bonchev–Trinajstić information content (AvgIpc) is 3.02. The fourth-order valence-corrected chi connectivity index (χ4v) is 8.52. The highest BCUT2D eigenvalue weighted by atomic mass is 35.5. The Bertz CT molecular complexity index is 1520. The number of anilines is 1. The Labute approximate surface area is 264 Å². The Balaban J connectivity index is 1.35. The SMILES string of the molecule is C[C@@H]1CNC[C@H](CCc2c(F)cccc2NC(=O)[C@@H](N)[C@@H](c2ccc(Cl)cc2)C2CCOCC2)N1S(=O)(=O)c1ccccc1. The Morgan fingerprint density at radius 1 is 1.07 bits per heavy atom. The van der Waals surface area contributed by atoms with Gasteiger partial charge in [-0.15, -0.1) is 0 Å². The maximum atomic E-state index is 15.3. The molecule has 3 aromatic carbocycles. The van der Waals surface area contributed by atoms with Crippen molar-refractivity contribution >= 4 is 33.2 Å². The number of amides is 1. The number of ether oxygens (including phenoxy) is 1. The number of benzene rings is 3. The topological polar surface area (TPSA) is 114 Å². The molecule has 0 aromatic heterocycles. The highest BCUT2D eigenvalue weighted by molar-refractivity contribution is 7.89. The van der Waals surface area contributed by atoms with E-state index < -0.39 is 33.8 Å². The zero-order valence-electron chi connectivity index (χ0n) is 24.8. The van der Waals surface area contributed by atoms with Crippen LogP contribution in [0.15, 0.2) is 77.7 Å². The first-order chi connectivity index (χ1) is 21.2. The third-order valence-electron chi connectivity index (χ3n) is 8.76. The van der Waals surface area contributed by atoms with Gasteiger partial charge in [-0.3, -0.25) is 4.79 Å². The number of rotatable bonds is 10. The lowest BCUT2D eigenvalue weighted by molar-refractivity contribution is -0.118. The zero-order chi connectivity index (χ0) is 31.3. The molecular weight excluding hydrogens is 603 g/mol. The number of carbonyl (C=O) groups is 1. The Kier molecular flexibility index (Phi) is 10.7. The lowest BCUT2D eigenvalue weighted by atomic mass is 9.76. The normalized spacial score (nSPS) is 21.5. The predicted molar refractivity (Wildman–Crippen MR) is 171 cm³/mol. The van der Waals surface area contributed by atoms with Crippen LogP contribution in [0.2, 0.25) is 5.02 Å². The van der Waals surface area contributed by atoms with Gasteiger partial charge in [0.2, 0.25) is 15.9 Å². The molecule has 0 spiro atoms. The van der Waals surface area contributed by atoms with E-state index in [-0.39, 0.29) is 29.2 Å². The number of carbonyl (C=O) groups excluding carboxylic acids is 1. The predicted octanol–water partition coefficient (Wildman–Crippen LogP) is 4.94. The van der Waals surface area contributed by atoms with Crippen LogP contribution in [0.4, 0.5) is 10.1 Å². The molecule has 236 valence electrons. The van der Waals surface area contributed by atoms with Crippen molar-refractivity contribution in [1.29, 1.82) is 0 Å². The lowest BCUT2D eigenvalue weighted by Crippen LogP contribution is -2.58. The van der Waals surface area contributed by atoms with E-state index in [0.717, 1.165) is 18.4 Å². The molecule has 8 nitrogen and oxygen atoms in total. The molecule has 4 N–H and O–H groups in total. The van der Waals surface area contributed by atoms with Crippen LogP contribution in [0.1, 0.15) is 43.2 Å². The van der Waals surface area contributed by atoms with E-state index in [1.165, 1.54) is 6.07 Å². The third kappa shape index (κ3) is 7.33. The van der Waals surface area contributed by atoms with E-state index >= 15 is 4.39 Å². The van der Waals surface area contributed by atoms with Crippen molar-refractivity contribution in [2.75, 3.05) is 31.6 Å². The van der Waals surface area contributed by atoms with Gasteiger partial charge in [0.25, 0.3) is 0 Å². The van der Waals surface area contributed by atoms with Gasteiger partial charge in [-0.2, -0.15) is 4.31 Å². The van der Waals surface area contributed by atoms with E-state index in [4.69, 9.17) is 22.1 Å². The minimum atomic E-state index is -3.77. The summed E-state index contributed by atoms with van der Waals surface area (Å²) >= 11 is 6.14. The molecule has 44 heavy (non-hydrogen) atoms. The van der Waals surface area contributed by atoms with E-state index in [1.54, 1.807) is 58.9 Å². The first-order valence-corrected chi connectivity index (χ1v) is 16.9. The van der Waals surface area contributed by atoms with Crippen LogP contribution < -0.4 is 16.4 Å². The summed E-state index contributed by atoms with van der Waals surface area (Å²) in [4.78, 5) is 13.9. The fourth-order valence-electron chi connectivity index (χ4n) is 6.53. The van der Waals surface area contributed by atoms with Crippen LogP contribution in [-0.2, 0) is 26.0 Å². The van der Waals surface area contributed by atoms with Crippen LogP contribution >= 0.6 is 11.6 Å². The number of hydrogen-bond donors (Lipinski definition) is 3. The molecule has 0 unspecified atom stereocenters. The number of halogens is 2. The van der Waals surface area contributed by atoms with Gasteiger partial charge in [0.05, 0.1) is 10.9 Å². The molecule has 0 radical (unpaired) electrons. The number of sulfonamides is 1. The molecule has 3 aromatic rings. The van der Waals surface area contributed by atoms with Crippen molar-refractivity contribution in [2.45, 2.75) is 61.5 Å². The van der Waals surface area contributed by atoms with Gasteiger partial charge in [-0.1, -0.05) is 48.0 Å². The monoisotopic (exact) mass is 642 g/mol. The molecule has 2 aliphatic rings. The van der Waals surface area contributed by atoms with Crippen LogP contribution in [-0.4, -0.2) is 63.1 Å². The van der Waals surface area contributed by atoms with Gasteiger partial charge < -0.3 is 21.1 Å². The molecule has 0 saturated carbocycles. The van der Waals surface area contributed by atoms with Crippen LogP contribution in [0.3, 0.4) is 0 Å². The van der Waals surface area contributed by atoms with Crippen LogP contribution in [0.25, 0.3) is 0 Å². The smallest absolute Gasteiger partial charge is 0.243 e. The summed E-state index contributed by atoms with van der Waals surface area (Å²) in [5.41, 5.74) is 8.24. The largest absolute Gasteiger partial charge is 0.381 e. The molecule has 0 bridgehead atoms. The van der Waals surface area contributed by atoms with Gasteiger partial charge >= 0.3 is 0 Å². The van der Waals surface area contributed by atoms with Gasteiger partial charge in [0.1, 0.15) is 5.82 Å². The molecule has 4 atom stereocenters. The summed E-state index contributed by atoms with van der Waals surface area (Å²) in [5, 5.41) is 6.81. The van der Waals surface area contributed by atoms with E-state index in [1.807, 2.05) is 19.1 Å². The standard InChI is InChI=1S/C33H40ClFN4O4S/c1-22-20-37-21-26(39(22)44(41,42)27-6-3-2-4-7-27)14-15-28-29(35)8-5-9-30(28)38-33(40)32(36)31(24-16-18-43-19-17-24)23-10-12-25(34)13-11-23/h2-13,22,24,26,31-32,37H,14-21,36H2,1H3,(H,38,40)/t22-,26+,31+,32+/m1/s1. The summed E-state index contributed by atoms with van der Waals surface area (Å²) in [7, 11) is -3.77.